The lowest BCUT2D eigenvalue weighted by atomic mass is 10.3. The van der Waals surface area contributed by atoms with Crippen molar-refractivity contribution >= 4 is 23.4 Å². The first kappa shape index (κ1) is 10.5. The quantitative estimate of drug-likeness (QED) is 0.610. The van der Waals surface area contributed by atoms with Gasteiger partial charge < -0.3 is 0 Å². The number of pyridine rings is 1. The van der Waals surface area contributed by atoms with Crippen molar-refractivity contribution in [2.45, 2.75) is 10.6 Å². The SMILES string of the molecule is Cn1cc(SCc2ccc(Cl)nc2)cn1. The Morgan fingerprint density at radius 1 is 1.40 bits per heavy atom. The highest BCUT2D eigenvalue weighted by Crippen LogP contribution is 2.21. The normalized spacial score (nSPS) is 10.5. The van der Waals surface area contributed by atoms with Crippen LogP contribution in [-0.4, -0.2) is 14.8 Å². The molecule has 2 rings (SSSR count). The van der Waals surface area contributed by atoms with Gasteiger partial charge in [-0.05, 0) is 11.6 Å². The first-order valence-electron chi connectivity index (χ1n) is 4.46. The van der Waals surface area contributed by atoms with Gasteiger partial charge in [0.1, 0.15) is 5.15 Å². The topological polar surface area (TPSA) is 30.7 Å². The minimum atomic E-state index is 0.533. The summed E-state index contributed by atoms with van der Waals surface area (Å²) in [7, 11) is 1.91. The number of halogens is 1. The molecule has 5 heteroatoms. The van der Waals surface area contributed by atoms with E-state index in [1.54, 1.807) is 28.7 Å². The molecule has 0 saturated carbocycles. The molecular formula is C10H10ClN3S. The maximum atomic E-state index is 5.70. The van der Waals surface area contributed by atoms with E-state index in [2.05, 4.69) is 10.1 Å². The van der Waals surface area contributed by atoms with Gasteiger partial charge >= 0.3 is 0 Å². The predicted molar refractivity (Wildman–Crippen MR) is 62.0 cm³/mol. The van der Waals surface area contributed by atoms with Gasteiger partial charge in [0.25, 0.3) is 0 Å². The highest BCUT2D eigenvalue weighted by molar-refractivity contribution is 7.98. The summed E-state index contributed by atoms with van der Waals surface area (Å²) in [4.78, 5) is 5.19. The molecule has 0 unspecified atom stereocenters. The monoisotopic (exact) mass is 239 g/mol. The standard InChI is InChI=1S/C10H10ClN3S/c1-14-6-9(5-13-14)15-7-8-2-3-10(11)12-4-8/h2-6H,7H2,1H3. The van der Waals surface area contributed by atoms with E-state index < -0.39 is 0 Å². The molecule has 0 fully saturated rings. The summed E-state index contributed by atoms with van der Waals surface area (Å²) < 4.78 is 1.79. The van der Waals surface area contributed by atoms with Crippen molar-refractivity contribution in [3.05, 3.63) is 41.4 Å². The van der Waals surface area contributed by atoms with Gasteiger partial charge in [-0.25, -0.2) is 4.98 Å². The van der Waals surface area contributed by atoms with Crippen molar-refractivity contribution in [1.29, 1.82) is 0 Å². The minimum Gasteiger partial charge on any atom is -0.275 e. The number of nitrogens with zero attached hydrogens (tertiary/aromatic N) is 3. The van der Waals surface area contributed by atoms with E-state index in [1.165, 1.54) is 0 Å². The summed E-state index contributed by atoms with van der Waals surface area (Å²) in [6, 6.07) is 3.79. The number of hydrogen-bond donors (Lipinski definition) is 0. The second-order valence-electron chi connectivity index (χ2n) is 3.13. The molecule has 0 spiro atoms. The Balaban J connectivity index is 1.96. The van der Waals surface area contributed by atoms with Crippen LogP contribution in [0.5, 0.6) is 0 Å². The van der Waals surface area contributed by atoms with E-state index in [9.17, 15) is 0 Å². The van der Waals surface area contributed by atoms with Crippen LogP contribution in [0.2, 0.25) is 5.15 Å². The van der Waals surface area contributed by atoms with Crippen LogP contribution in [0.1, 0.15) is 5.56 Å². The molecule has 0 aliphatic carbocycles. The molecule has 3 nitrogen and oxygen atoms in total. The summed E-state index contributed by atoms with van der Waals surface area (Å²) in [5.41, 5.74) is 1.16. The zero-order valence-corrected chi connectivity index (χ0v) is 9.79. The molecule has 0 aliphatic rings. The Bertz CT molecular complexity index is 438. The van der Waals surface area contributed by atoms with Crippen LogP contribution in [0.3, 0.4) is 0 Å². The molecule has 0 radical (unpaired) electrons. The molecule has 0 aliphatic heterocycles. The first-order valence-corrected chi connectivity index (χ1v) is 5.82. The smallest absolute Gasteiger partial charge is 0.129 e. The van der Waals surface area contributed by atoms with Gasteiger partial charge in [0.2, 0.25) is 0 Å². The molecule has 0 amide bonds. The van der Waals surface area contributed by atoms with E-state index in [1.807, 2.05) is 25.5 Å². The molecule has 15 heavy (non-hydrogen) atoms. The molecule has 78 valence electrons. The zero-order valence-electron chi connectivity index (χ0n) is 8.22. The van der Waals surface area contributed by atoms with Crippen LogP contribution in [-0.2, 0) is 12.8 Å². The lowest BCUT2D eigenvalue weighted by molar-refractivity contribution is 0.766. The van der Waals surface area contributed by atoms with Gasteiger partial charge in [-0.2, -0.15) is 5.10 Å². The Morgan fingerprint density at radius 3 is 2.87 bits per heavy atom. The Kier molecular flexibility index (Phi) is 3.28. The third kappa shape index (κ3) is 2.97. The van der Waals surface area contributed by atoms with Crippen LogP contribution in [0.15, 0.2) is 35.6 Å². The fourth-order valence-corrected chi connectivity index (χ4v) is 2.10. The lowest BCUT2D eigenvalue weighted by Crippen LogP contribution is -1.84. The molecule has 2 heterocycles. The number of hydrogen-bond acceptors (Lipinski definition) is 3. The van der Waals surface area contributed by atoms with Gasteiger partial charge in [0.15, 0.2) is 0 Å². The largest absolute Gasteiger partial charge is 0.275 e. The van der Waals surface area contributed by atoms with E-state index in [0.717, 1.165) is 16.2 Å². The second-order valence-corrected chi connectivity index (χ2v) is 4.56. The molecule has 2 aromatic rings. The van der Waals surface area contributed by atoms with Crippen LogP contribution in [0.4, 0.5) is 0 Å². The number of aromatic nitrogens is 3. The summed E-state index contributed by atoms with van der Waals surface area (Å²) in [5.74, 6) is 0.885. The van der Waals surface area contributed by atoms with Crippen molar-refractivity contribution in [3.63, 3.8) is 0 Å². The summed E-state index contributed by atoms with van der Waals surface area (Å²) in [6.07, 6.45) is 5.65. The van der Waals surface area contributed by atoms with Crippen LogP contribution < -0.4 is 0 Å². The van der Waals surface area contributed by atoms with Gasteiger partial charge in [0.05, 0.1) is 6.20 Å². The fraction of sp³-hybridized carbons (Fsp3) is 0.200. The van der Waals surface area contributed by atoms with Crippen LogP contribution in [0.25, 0.3) is 0 Å². The summed E-state index contributed by atoms with van der Waals surface area (Å²) in [6.45, 7) is 0. The summed E-state index contributed by atoms with van der Waals surface area (Å²) in [5, 5.41) is 4.63. The van der Waals surface area contributed by atoms with E-state index >= 15 is 0 Å². The van der Waals surface area contributed by atoms with Gasteiger partial charge in [-0.15, -0.1) is 11.8 Å². The highest BCUT2D eigenvalue weighted by atomic mass is 35.5. The minimum absolute atomic E-state index is 0.533. The highest BCUT2D eigenvalue weighted by Gasteiger charge is 1.99. The van der Waals surface area contributed by atoms with Gasteiger partial charge in [0, 0.05) is 30.1 Å². The number of thioether (sulfide) groups is 1. The molecular weight excluding hydrogens is 230 g/mol. The average Bonchev–Trinajstić information content (AvgIpc) is 2.64. The molecule has 0 bridgehead atoms. The predicted octanol–water partition coefficient (Wildman–Crippen LogP) is 2.76. The van der Waals surface area contributed by atoms with Crippen LogP contribution in [0, 0.1) is 0 Å². The fourth-order valence-electron chi connectivity index (χ4n) is 1.13. The zero-order chi connectivity index (χ0) is 10.7. The molecule has 0 saturated heterocycles. The molecule has 0 N–H and O–H groups in total. The Labute approximate surface area is 97.5 Å². The van der Waals surface area contributed by atoms with Crippen molar-refractivity contribution in [3.8, 4) is 0 Å². The maximum absolute atomic E-state index is 5.70. The van der Waals surface area contributed by atoms with E-state index in [-0.39, 0.29) is 0 Å². The Hall–Kier alpha value is -1.00. The van der Waals surface area contributed by atoms with E-state index in [4.69, 9.17) is 11.6 Å². The summed E-state index contributed by atoms with van der Waals surface area (Å²) >= 11 is 7.43. The molecule has 0 aromatic carbocycles. The van der Waals surface area contributed by atoms with Crippen LogP contribution >= 0.6 is 23.4 Å². The first-order chi connectivity index (χ1) is 7.24. The van der Waals surface area contributed by atoms with Crippen molar-refractivity contribution < 1.29 is 0 Å². The van der Waals surface area contributed by atoms with Crippen molar-refractivity contribution in [1.82, 2.24) is 14.8 Å². The molecule has 0 atom stereocenters. The van der Waals surface area contributed by atoms with Gasteiger partial charge in [-0.1, -0.05) is 17.7 Å². The number of rotatable bonds is 3. The Morgan fingerprint density at radius 2 is 2.27 bits per heavy atom. The van der Waals surface area contributed by atoms with Gasteiger partial charge in [-0.3, -0.25) is 4.68 Å². The second kappa shape index (κ2) is 4.68. The van der Waals surface area contributed by atoms with E-state index in [0.29, 0.717) is 5.15 Å². The third-order valence-corrected chi connectivity index (χ3v) is 3.12. The maximum Gasteiger partial charge on any atom is 0.129 e. The molecule has 2 aromatic heterocycles. The lowest BCUT2D eigenvalue weighted by Gasteiger charge is -1.98. The number of aryl methyl sites for hydroxylation is 1. The van der Waals surface area contributed by atoms with Crippen molar-refractivity contribution in [2.75, 3.05) is 0 Å². The third-order valence-electron chi connectivity index (χ3n) is 1.88. The average molecular weight is 240 g/mol. The van der Waals surface area contributed by atoms with Crippen molar-refractivity contribution in [2.24, 2.45) is 7.05 Å².